The lowest BCUT2D eigenvalue weighted by atomic mass is 9.97. The predicted molar refractivity (Wildman–Crippen MR) is 109 cm³/mol. The summed E-state index contributed by atoms with van der Waals surface area (Å²) in [5, 5.41) is 2.98. The smallest absolute Gasteiger partial charge is 0.410 e. The Morgan fingerprint density at radius 1 is 1.17 bits per heavy atom. The summed E-state index contributed by atoms with van der Waals surface area (Å²) in [5.41, 5.74) is 2.24. The van der Waals surface area contributed by atoms with E-state index in [0.29, 0.717) is 37.0 Å². The predicted octanol–water partition coefficient (Wildman–Crippen LogP) is 3.18. The highest BCUT2D eigenvalue weighted by molar-refractivity contribution is 5.94. The molecule has 1 aliphatic heterocycles. The Kier molecular flexibility index (Phi) is 7.05. The van der Waals surface area contributed by atoms with Crippen LogP contribution < -0.4 is 10.1 Å². The van der Waals surface area contributed by atoms with Crippen LogP contribution in [0.1, 0.15) is 34.5 Å². The number of piperidine rings is 1. The molecule has 1 aromatic heterocycles. The summed E-state index contributed by atoms with van der Waals surface area (Å²) in [6.07, 6.45) is 1.38. The van der Waals surface area contributed by atoms with Crippen molar-refractivity contribution in [1.29, 1.82) is 0 Å². The Bertz CT molecular complexity index is 833. The van der Waals surface area contributed by atoms with Gasteiger partial charge in [-0.3, -0.25) is 4.79 Å². The van der Waals surface area contributed by atoms with Crippen LogP contribution in [-0.2, 0) is 11.3 Å². The molecule has 1 aliphatic rings. The summed E-state index contributed by atoms with van der Waals surface area (Å²) < 4.78 is 10.5. The van der Waals surface area contributed by atoms with Crippen LogP contribution in [-0.4, -0.2) is 48.6 Å². The topological polar surface area (TPSA) is 80.8 Å². The molecule has 7 heteroatoms. The fraction of sp³-hybridized carbons (Fsp3) is 0.409. The van der Waals surface area contributed by atoms with E-state index in [-0.39, 0.29) is 18.6 Å². The Morgan fingerprint density at radius 2 is 1.90 bits per heavy atom. The molecule has 0 spiro atoms. The van der Waals surface area contributed by atoms with Crippen LogP contribution >= 0.6 is 0 Å². The minimum atomic E-state index is -0.282. The first-order valence-corrected chi connectivity index (χ1v) is 9.81. The normalized spacial score (nSPS) is 14.3. The van der Waals surface area contributed by atoms with Crippen molar-refractivity contribution < 1.29 is 19.1 Å². The number of ether oxygens (including phenoxy) is 2. The molecule has 1 fully saturated rings. The van der Waals surface area contributed by atoms with Crippen LogP contribution in [0.2, 0.25) is 0 Å². The second kappa shape index (κ2) is 9.91. The monoisotopic (exact) mass is 397 g/mol. The third-order valence-electron chi connectivity index (χ3n) is 5.03. The van der Waals surface area contributed by atoms with Gasteiger partial charge in [-0.2, -0.15) is 0 Å². The second-order valence-corrected chi connectivity index (χ2v) is 7.22. The van der Waals surface area contributed by atoms with Crippen LogP contribution in [0.15, 0.2) is 42.5 Å². The number of nitrogens with zero attached hydrogens (tertiary/aromatic N) is 2. The van der Waals surface area contributed by atoms with Gasteiger partial charge in [-0.05, 0) is 37.3 Å². The standard InChI is InChI=1S/C22H27N3O4/c1-16-12-19(13-20(24-16)28-2)21(26)23-14-17-8-10-25(11-9-17)22(27)29-15-18-6-4-3-5-7-18/h3-7,12-13,17H,8-11,14-15H2,1-2H3,(H,23,26). The van der Waals surface area contributed by atoms with Gasteiger partial charge in [0.15, 0.2) is 0 Å². The maximum atomic E-state index is 12.4. The van der Waals surface area contributed by atoms with E-state index in [1.165, 1.54) is 7.11 Å². The summed E-state index contributed by atoms with van der Waals surface area (Å²) >= 11 is 0. The number of benzene rings is 1. The minimum absolute atomic E-state index is 0.140. The molecule has 7 nitrogen and oxygen atoms in total. The number of nitrogens with one attached hydrogen (secondary N) is 1. The summed E-state index contributed by atoms with van der Waals surface area (Å²) in [6, 6.07) is 13.0. The van der Waals surface area contributed by atoms with Crippen molar-refractivity contribution in [2.24, 2.45) is 5.92 Å². The van der Waals surface area contributed by atoms with E-state index in [4.69, 9.17) is 9.47 Å². The lowest BCUT2D eigenvalue weighted by molar-refractivity contribution is 0.0800. The molecule has 3 rings (SSSR count). The molecule has 0 unspecified atom stereocenters. The van der Waals surface area contributed by atoms with E-state index in [9.17, 15) is 9.59 Å². The van der Waals surface area contributed by atoms with Crippen molar-refractivity contribution in [3.8, 4) is 5.88 Å². The maximum absolute atomic E-state index is 12.4. The summed E-state index contributed by atoms with van der Waals surface area (Å²) in [5.74, 6) is 0.623. The third-order valence-corrected chi connectivity index (χ3v) is 5.03. The minimum Gasteiger partial charge on any atom is -0.481 e. The summed E-state index contributed by atoms with van der Waals surface area (Å²) in [4.78, 5) is 30.6. The molecule has 1 saturated heterocycles. The number of hydrogen-bond acceptors (Lipinski definition) is 5. The summed E-state index contributed by atoms with van der Waals surface area (Å²) in [6.45, 7) is 3.96. The van der Waals surface area contributed by atoms with E-state index < -0.39 is 0 Å². The molecule has 0 bridgehead atoms. The molecule has 29 heavy (non-hydrogen) atoms. The number of rotatable bonds is 6. The third kappa shape index (κ3) is 5.94. The van der Waals surface area contributed by atoms with Gasteiger partial charge in [-0.25, -0.2) is 9.78 Å². The lowest BCUT2D eigenvalue weighted by Crippen LogP contribution is -2.41. The van der Waals surface area contributed by atoms with Crippen molar-refractivity contribution in [1.82, 2.24) is 15.2 Å². The van der Waals surface area contributed by atoms with Gasteiger partial charge in [0.05, 0.1) is 7.11 Å². The van der Waals surface area contributed by atoms with Crippen molar-refractivity contribution in [2.75, 3.05) is 26.7 Å². The average Bonchev–Trinajstić information content (AvgIpc) is 2.76. The number of aryl methyl sites for hydroxylation is 1. The van der Waals surface area contributed by atoms with Gasteiger partial charge < -0.3 is 19.7 Å². The van der Waals surface area contributed by atoms with Crippen LogP contribution in [0.25, 0.3) is 0 Å². The zero-order valence-electron chi connectivity index (χ0n) is 16.9. The van der Waals surface area contributed by atoms with E-state index in [2.05, 4.69) is 10.3 Å². The number of hydrogen-bond donors (Lipinski definition) is 1. The molecule has 2 aromatic rings. The molecule has 2 heterocycles. The molecule has 0 atom stereocenters. The van der Waals surface area contributed by atoms with Gasteiger partial charge in [0.25, 0.3) is 5.91 Å². The first-order chi connectivity index (χ1) is 14.0. The highest BCUT2D eigenvalue weighted by Crippen LogP contribution is 2.18. The van der Waals surface area contributed by atoms with Gasteiger partial charge in [-0.1, -0.05) is 30.3 Å². The van der Waals surface area contributed by atoms with Crippen LogP contribution in [0.3, 0.4) is 0 Å². The van der Waals surface area contributed by atoms with E-state index in [1.807, 2.05) is 37.3 Å². The zero-order chi connectivity index (χ0) is 20.6. The Hall–Kier alpha value is -3.09. The van der Waals surface area contributed by atoms with E-state index >= 15 is 0 Å². The van der Waals surface area contributed by atoms with Crippen molar-refractivity contribution in [3.63, 3.8) is 0 Å². The SMILES string of the molecule is COc1cc(C(=O)NCC2CCN(C(=O)OCc3ccccc3)CC2)cc(C)n1. The molecule has 2 amide bonds. The Morgan fingerprint density at radius 3 is 2.59 bits per heavy atom. The molecule has 1 N–H and O–H groups in total. The highest BCUT2D eigenvalue weighted by atomic mass is 16.6. The van der Waals surface area contributed by atoms with Crippen molar-refractivity contribution in [3.05, 3.63) is 59.3 Å². The number of carbonyl (C=O) groups excluding carboxylic acids is 2. The maximum Gasteiger partial charge on any atom is 0.410 e. The molecule has 0 radical (unpaired) electrons. The largest absolute Gasteiger partial charge is 0.481 e. The highest BCUT2D eigenvalue weighted by Gasteiger charge is 2.24. The molecule has 0 aliphatic carbocycles. The number of carbonyl (C=O) groups is 2. The van der Waals surface area contributed by atoms with Crippen molar-refractivity contribution in [2.45, 2.75) is 26.4 Å². The number of likely N-dealkylation sites (tertiary alicyclic amines) is 1. The zero-order valence-corrected chi connectivity index (χ0v) is 16.9. The van der Waals surface area contributed by atoms with Gasteiger partial charge in [0.1, 0.15) is 6.61 Å². The number of amides is 2. The first-order valence-electron chi connectivity index (χ1n) is 9.81. The fourth-order valence-corrected chi connectivity index (χ4v) is 3.34. The molecular formula is C22H27N3O4. The quantitative estimate of drug-likeness (QED) is 0.810. The number of methoxy groups -OCH3 is 1. The van der Waals surface area contributed by atoms with Crippen LogP contribution in [0.5, 0.6) is 5.88 Å². The average molecular weight is 397 g/mol. The number of aromatic nitrogens is 1. The molecule has 0 saturated carbocycles. The number of pyridine rings is 1. The van der Waals surface area contributed by atoms with E-state index in [1.54, 1.807) is 17.0 Å². The van der Waals surface area contributed by atoms with Gasteiger partial charge >= 0.3 is 6.09 Å². The Balaban J connectivity index is 1.41. The van der Waals surface area contributed by atoms with Crippen LogP contribution in [0.4, 0.5) is 4.79 Å². The molecule has 154 valence electrons. The second-order valence-electron chi connectivity index (χ2n) is 7.22. The van der Waals surface area contributed by atoms with Crippen molar-refractivity contribution >= 4 is 12.0 Å². The van der Waals surface area contributed by atoms with Gasteiger partial charge in [0.2, 0.25) is 5.88 Å². The van der Waals surface area contributed by atoms with Crippen LogP contribution in [0, 0.1) is 12.8 Å². The van der Waals surface area contributed by atoms with Gasteiger partial charge in [0, 0.05) is 37.0 Å². The molecule has 1 aromatic carbocycles. The fourth-order valence-electron chi connectivity index (χ4n) is 3.34. The summed E-state index contributed by atoms with van der Waals surface area (Å²) in [7, 11) is 1.53. The first kappa shape index (κ1) is 20.6. The Labute approximate surface area is 171 Å². The molecular weight excluding hydrogens is 370 g/mol. The van der Waals surface area contributed by atoms with E-state index in [0.717, 1.165) is 24.1 Å². The van der Waals surface area contributed by atoms with Gasteiger partial charge in [-0.15, -0.1) is 0 Å². The lowest BCUT2D eigenvalue weighted by Gasteiger charge is -2.31.